The smallest absolute Gasteiger partial charge is 0.239 e. The van der Waals surface area contributed by atoms with E-state index in [4.69, 9.17) is 5.73 Å². The Balaban J connectivity index is 2.52. The zero-order valence-corrected chi connectivity index (χ0v) is 11.4. The highest BCUT2D eigenvalue weighted by Gasteiger charge is 2.33. The summed E-state index contributed by atoms with van der Waals surface area (Å²) in [6, 6.07) is -0.691. The molecular formula is C11H22N2O3S. The van der Waals surface area contributed by atoms with Crippen LogP contribution in [0.5, 0.6) is 0 Å². The van der Waals surface area contributed by atoms with Crippen LogP contribution in [0, 0.1) is 0 Å². The Morgan fingerprint density at radius 3 is 2.65 bits per heavy atom. The molecule has 6 heteroatoms. The van der Waals surface area contributed by atoms with Gasteiger partial charge < -0.3 is 10.6 Å². The van der Waals surface area contributed by atoms with E-state index in [0.29, 0.717) is 12.8 Å². The summed E-state index contributed by atoms with van der Waals surface area (Å²) in [5, 5.41) is 0. The second-order valence-electron chi connectivity index (χ2n) is 4.75. The monoisotopic (exact) mass is 262 g/mol. The van der Waals surface area contributed by atoms with E-state index in [0.717, 1.165) is 12.8 Å². The van der Waals surface area contributed by atoms with E-state index in [2.05, 4.69) is 0 Å². The maximum atomic E-state index is 12.0. The molecule has 1 amide bonds. The lowest BCUT2D eigenvalue weighted by Gasteiger charge is -2.26. The van der Waals surface area contributed by atoms with Gasteiger partial charge in [0.1, 0.15) is 0 Å². The van der Waals surface area contributed by atoms with Crippen molar-refractivity contribution in [3.05, 3.63) is 0 Å². The molecule has 0 bridgehead atoms. The van der Waals surface area contributed by atoms with E-state index >= 15 is 0 Å². The molecule has 5 nitrogen and oxygen atoms in total. The summed E-state index contributed by atoms with van der Waals surface area (Å²) in [5.41, 5.74) is 5.80. The van der Waals surface area contributed by atoms with Crippen LogP contribution >= 0.6 is 0 Å². The molecule has 1 aliphatic heterocycles. The first-order valence-corrected chi connectivity index (χ1v) is 7.92. The number of nitrogens with zero attached hydrogens (tertiary/aromatic N) is 1. The average Bonchev–Trinajstić information content (AvgIpc) is 2.64. The Hall–Kier alpha value is -0.620. The summed E-state index contributed by atoms with van der Waals surface area (Å²) >= 11 is 0. The summed E-state index contributed by atoms with van der Waals surface area (Å²) in [6.07, 6.45) is 3.12. The largest absolute Gasteiger partial charge is 0.340 e. The SMILES string of the molecule is CCCCC(N)C(=O)N(C)C1CCS(=O)(=O)C1. The van der Waals surface area contributed by atoms with Crippen molar-refractivity contribution >= 4 is 15.7 Å². The number of carbonyl (C=O) groups excluding carboxylic acids is 1. The molecule has 1 saturated heterocycles. The second-order valence-corrected chi connectivity index (χ2v) is 6.98. The Labute approximate surface area is 103 Å². The van der Waals surface area contributed by atoms with Gasteiger partial charge in [0.25, 0.3) is 0 Å². The summed E-state index contributed by atoms with van der Waals surface area (Å²) in [6.45, 7) is 2.05. The van der Waals surface area contributed by atoms with Crippen molar-refractivity contribution in [3.63, 3.8) is 0 Å². The molecule has 0 aromatic rings. The Bertz CT molecular complexity index is 367. The van der Waals surface area contributed by atoms with Crippen molar-refractivity contribution in [3.8, 4) is 0 Å². The van der Waals surface area contributed by atoms with Crippen LogP contribution in [0.4, 0.5) is 0 Å². The van der Waals surface area contributed by atoms with E-state index in [1.54, 1.807) is 7.05 Å². The first-order valence-electron chi connectivity index (χ1n) is 6.10. The van der Waals surface area contributed by atoms with Crippen molar-refractivity contribution in [2.24, 2.45) is 5.73 Å². The van der Waals surface area contributed by atoms with Gasteiger partial charge in [-0.05, 0) is 12.8 Å². The van der Waals surface area contributed by atoms with Gasteiger partial charge in [-0.25, -0.2) is 8.42 Å². The van der Waals surface area contributed by atoms with Crippen molar-refractivity contribution in [2.75, 3.05) is 18.6 Å². The maximum Gasteiger partial charge on any atom is 0.239 e. The molecule has 0 saturated carbocycles. The van der Waals surface area contributed by atoms with E-state index in [-0.39, 0.29) is 23.5 Å². The minimum absolute atomic E-state index is 0.0791. The maximum absolute atomic E-state index is 12.0. The van der Waals surface area contributed by atoms with Gasteiger partial charge in [-0.2, -0.15) is 0 Å². The van der Waals surface area contributed by atoms with Crippen LogP contribution in [-0.2, 0) is 14.6 Å². The molecule has 1 rings (SSSR count). The van der Waals surface area contributed by atoms with Gasteiger partial charge in [0.05, 0.1) is 17.5 Å². The van der Waals surface area contributed by atoms with Crippen LogP contribution in [0.15, 0.2) is 0 Å². The van der Waals surface area contributed by atoms with Crippen LogP contribution in [0.25, 0.3) is 0 Å². The van der Waals surface area contributed by atoms with Gasteiger partial charge in [-0.3, -0.25) is 4.79 Å². The van der Waals surface area contributed by atoms with Crippen LogP contribution in [0.3, 0.4) is 0 Å². The number of sulfone groups is 1. The number of rotatable bonds is 5. The third kappa shape index (κ3) is 3.96. The lowest BCUT2D eigenvalue weighted by atomic mass is 10.1. The quantitative estimate of drug-likeness (QED) is 0.764. The Morgan fingerprint density at radius 1 is 1.53 bits per heavy atom. The number of carbonyl (C=O) groups is 1. The summed E-state index contributed by atoms with van der Waals surface area (Å²) in [5.74, 6) is 0.121. The van der Waals surface area contributed by atoms with Gasteiger partial charge in [0.2, 0.25) is 5.91 Å². The molecule has 1 aliphatic rings. The predicted molar refractivity (Wildman–Crippen MR) is 67.3 cm³/mol. The molecule has 1 fully saturated rings. The number of nitrogens with two attached hydrogens (primary N) is 1. The number of unbranched alkanes of at least 4 members (excludes halogenated alkanes) is 1. The normalized spacial score (nSPS) is 24.5. The standard InChI is InChI=1S/C11H22N2O3S/c1-3-4-5-10(12)11(14)13(2)9-6-7-17(15,16)8-9/h9-10H,3-8,12H2,1-2H3. The number of hydrogen-bond acceptors (Lipinski definition) is 4. The lowest BCUT2D eigenvalue weighted by Crippen LogP contribution is -2.46. The van der Waals surface area contributed by atoms with E-state index in [1.165, 1.54) is 4.90 Å². The third-order valence-electron chi connectivity index (χ3n) is 3.29. The van der Waals surface area contributed by atoms with Crippen LogP contribution in [0.1, 0.15) is 32.6 Å². The van der Waals surface area contributed by atoms with Crippen molar-refractivity contribution in [1.29, 1.82) is 0 Å². The topological polar surface area (TPSA) is 80.5 Å². The molecule has 2 unspecified atom stereocenters. The predicted octanol–water partition coefficient (Wildman–Crippen LogP) is 0.149. The fourth-order valence-electron chi connectivity index (χ4n) is 2.07. The van der Waals surface area contributed by atoms with Gasteiger partial charge in [-0.1, -0.05) is 19.8 Å². The highest BCUT2D eigenvalue weighted by Crippen LogP contribution is 2.17. The van der Waals surface area contributed by atoms with Crippen LogP contribution in [-0.4, -0.2) is 49.9 Å². The van der Waals surface area contributed by atoms with Gasteiger partial charge in [0, 0.05) is 13.1 Å². The van der Waals surface area contributed by atoms with Crippen LogP contribution < -0.4 is 5.73 Å². The molecule has 0 aromatic carbocycles. The Morgan fingerprint density at radius 2 is 2.18 bits per heavy atom. The minimum atomic E-state index is -2.95. The third-order valence-corrected chi connectivity index (χ3v) is 5.04. The fraction of sp³-hybridized carbons (Fsp3) is 0.909. The molecule has 2 atom stereocenters. The lowest BCUT2D eigenvalue weighted by molar-refractivity contribution is -0.133. The van der Waals surface area contributed by atoms with Gasteiger partial charge >= 0.3 is 0 Å². The molecule has 100 valence electrons. The molecule has 17 heavy (non-hydrogen) atoms. The first kappa shape index (κ1) is 14.4. The average molecular weight is 262 g/mol. The van der Waals surface area contributed by atoms with Crippen LogP contribution in [0.2, 0.25) is 0 Å². The van der Waals surface area contributed by atoms with Gasteiger partial charge in [-0.15, -0.1) is 0 Å². The highest BCUT2D eigenvalue weighted by atomic mass is 32.2. The summed E-state index contributed by atoms with van der Waals surface area (Å²) in [7, 11) is -1.30. The minimum Gasteiger partial charge on any atom is -0.340 e. The van der Waals surface area contributed by atoms with E-state index < -0.39 is 15.9 Å². The van der Waals surface area contributed by atoms with Gasteiger partial charge in [0.15, 0.2) is 9.84 Å². The molecule has 0 radical (unpaired) electrons. The zero-order valence-electron chi connectivity index (χ0n) is 10.6. The van der Waals surface area contributed by atoms with E-state index in [1.807, 2.05) is 6.92 Å². The highest BCUT2D eigenvalue weighted by molar-refractivity contribution is 7.91. The first-order chi connectivity index (χ1) is 7.87. The molecule has 1 heterocycles. The number of amides is 1. The van der Waals surface area contributed by atoms with Crippen molar-refractivity contribution in [2.45, 2.75) is 44.7 Å². The summed E-state index contributed by atoms with van der Waals surface area (Å²) < 4.78 is 22.7. The molecule has 0 aliphatic carbocycles. The fourth-order valence-corrected chi connectivity index (χ4v) is 3.84. The summed E-state index contributed by atoms with van der Waals surface area (Å²) in [4.78, 5) is 13.5. The zero-order chi connectivity index (χ0) is 13.1. The number of hydrogen-bond donors (Lipinski definition) is 1. The van der Waals surface area contributed by atoms with Crippen molar-refractivity contribution in [1.82, 2.24) is 4.90 Å². The van der Waals surface area contributed by atoms with Crippen molar-refractivity contribution < 1.29 is 13.2 Å². The number of likely N-dealkylation sites (N-methyl/N-ethyl adjacent to an activating group) is 1. The molecular weight excluding hydrogens is 240 g/mol. The second kappa shape index (κ2) is 5.82. The molecule has 0 aromatic heterocycles. The Kier molecular flexibility index (Phi) is 4.94. The molecule has 0 spiro atoms. The molecule has 2 N–H and O–H groups in total. The van der Waals surface area contributed by atoms with E-state index in [9.17, 15) is 13.2 Å².